The van der Waals surface area contributed by atoms with Gasteiger partial charge in [0, 0.05) is 17.7 Å². The van der Waals surface area contributed by atoms with E-state index in [1.54, 1.807) is 0 Å². The van der Waals surface area contributed by atoms with Gasteiger partial charge < -0.3 is 5.32 Å². The molecule has 1 heterocycles. The monoisotopic (exact) mass is 259 g/mol. The lowest BCUT2D eigenvalue weighted by atomic mass is 9.98. The quantitative estimate of drug-likeness (QED) is 0.845. The lowest BCUT2D eigenvalue weighted by Gasteiger charge is -2.20. The number of hydrogen-bond acceptors (Lipinski definition) is 2. The largest absolute Gasteiger partial charge is 0.326 e. The second-order valence-corrected chi connectivity index (χ2v) is 5.76. The van der Waals surface area contributed by atoms with Gasteiger partial charge in [0.1, 0.15) is 0 Å². The van der Waals surface area contributed by atoms with E-state index in [4.69, 9.17) is 6.42 Å². The van der Waals surface area contributed by atoms with Crippen LogP contribution in [0.3, 0.4) is 0 Å². The fourth-order valence-corrected chi connectivity index (χ4v) is 3.32. The number of anilines is 1. The SMILES string of the molecule is C#Cc1cccc(NC(=O)CC2CCSCC2)c1. The van der Waals surface area contributed by atoms with Crippen LogP contribution in [-0.4, -0.2) is 17.4 Å². The molecule has 2 nitrogen and oxygen atoms in total. The summed E-state index contributed by atoms with van der Waals surface area (Å²) in [4.78, 5) is 11.9. The van der Waals surface area contributed by atoms with Crippen LogP contribution < -0.4 is 5.32 Å². The number of amides is 1. The predicted molar refractivity (Wildman–Crippen MR) is 77.7 cm³/mol. The van der Waals surface area contributed by atoms with Crippen molar-refractivity contribution in [3.63, 3.8) is 0 Å². The Kier molecular flexibility index (Phi) is 4.72. The fraction of sp³-hybridized carbons (Fsp3) is 0.400. The highest BCUT2D eigenvalue weighted by molar-refractivity contribution is 7.99. The topological polar surface area (TPSA) is 29.1 Å². The van der Waals surface area contributed by atoms with Gasteiger partial charge in [-0.25, -0.2) is 0 Å². The summed E-state index contributed by atoms with van der Waals surface area (Å²) in [5.74, 6) is 5.58. The van der Waals surface area contributed by atoms with E-state index in [0.717, 1.165) is 24.1 Å². The highest BCUT2D eigenvalue weighted by Gasteiger charge is 2.17. The zero-order valence-electron chi connectivity index (χ0n) is 10.3. The Balaban J connectivity index is 1.88. The number of nitrogens with one attached hydrogen (secondary N) is 1. The first-order chi connectivity index (χ1) is 8.78. The minimum absolute atomic E-state index is 0.0982. The van der Waals surface area contributed by atoms with Crippen LogP contribution in [0.1, 0.15) is 24.8 Å². The molecule has 1 saturated heterocycles. The normalized spacial score (nSPS) is 15.9. The number of terminal acetylenes is 1. The molecule has 94 valence electrons. The summed E-state index contributed by atoms with van der Waals surface area (Å²) in [7, 11) is 0. The first-order valence-electron chi connectivity index (χ1n) is 6.22. The van der Waals surface area contributed by atoms with Crippen LogP contribution in [0.5, 0.6) is 0 Å². The molecule has 0 aromatic heterocycles. The third-order valence-electron chi connectivity index (χ3n) is 3.13. The molecule has 0 spiro atoms. The molecule has 18 heavy (non-hydrogen) atoms. The molecule has 0 bridgehead atoms. The Morgan fingerprint density at radius 2 is 2.22 bits per heavy atom. The molecule has 0 saturated carbocycles. The van der Waals surface area contributed by atoms with Crippen LogP contribution >= 0.6 is 11.8 Å². The number of carbonyl (C=O) groups is 1. The Morgan fingerprint density at radius 1 is 1.44 bits per heavy atom. The third kappa shape index (κ3) is 3.82. The molecule has 3 heteroatoms. The number of thioether (sulfide) groups is 1. The summed E-state index contributed by atoms with van der Waals surface area (Å²) in [6, 6.07) is 7.42. The molecule has 1 fully saturated rings. The van der Waals surface area contributed by atoms with Crippen LogP contribution in [0.4, 0.5) is 5.69 Å². The molecule has 2 rings (SSSR count). The first-order valence-corrected chi connectivity index (χ1v) is 7.37. The van der Waals surface area contributed by atoms with Crippen LogP contribution in [0, 0.1) is 18.3 Å². The maximum atomic E-state index is 11.9. The molecule has 0 unspecified atom stereocenters. The van der Waals surface area contributed by atoms with Gasteiger partial charge in [-0.05, 0) is 48.5 Å². The van der Waals surface area contributed by atoms with Gasteiger partial charge in [-0.3, -0.25) is 4.79 Å². The summed E-state index contributed by atoms with van der Waals surface area (Å²) in [6.07, 6.45) is 8.27. The number of hydrogen-bond donors (Lipinski definition) is 1. The number of rotatable bonds is 3. The van der Waals surface area contributed by atoms with Crippen molar-refractivity contribution in [2.45, 2.75) is 19.3 Å². The van der Waals surface area contributed by atoms with Crippen molar-refractivity contribution in [2.24, 2.45) is 5.92 Å². The van der Waals surface area contributed by atoms with Gasteiger partial charge >= 0.3 is 0 Å². The Bertz CT molecular complexity index is 458. The Morgan fingerprint density at radius 3 is 2.94 bits per heavy atom. The van der Waals surface area contributed by atoms with Gasteiger partial charge in [-0.2, -0.15) is 11.8 Å². The van der Waals surface area contributed by atoms with Crippen molar-refractivity contribution in [1.82, 2.24) is 0 Å². The number of carbonyl (C=O) groups excluding carboxylic acids is 1. The van der Waals surface area contributed by atoms with Crippen molar-refractivity contribution in [2.75, 3.05) is 16.8 Å². The summed E-state index contributed by atoms with van der Waals surface area (Å²) >= 11 is 1.98. The third-order valence-corrected chi connectivity index (χ3v) is 4.18. The predicted octanol–water partition coefficient (Wildman–Crippen LogP) is 3.14. The standard InChI is InChI=1S/C15H17NOS/c1-2-12-4-3-5-14(10-12)16-15(17)11-13-6-8-18-9-7-13/h1,3-5,10,13H,6-9,11H2,(H,16,17). The molecule has 0 radical (unpaired) electrons. The van der Waals surface area contributed by atoms with Crippen LogP contribution in [0.2, 0.25) is 0 Å². The second kappa shape index (κ2) is 6.51. The molecule has 1 aliphatic rings. The van der Waals surface area contributed by atoms with E-state index in [1.165, 1.54) is 11.5 Å². The van der Waals surface area contributed by atoms with E-state index < -0.39 is 0 Å². The summed E-state index contributed by atoms with van der Waals surface area (Å²) in [6.45, 7) is 0. The molecule has 1 aromatic rings. The van der Waals surface area contributed by atoms with Gasteiger partial charge in [0.15, 0.2) is 0 Å². The van der Waals surface area contributed by atoms with Crippen LogP contribution in [0.25, 0.3) is 0 Å². The van der Waals surface area contributed by atoms with Crippen molar-refractivity contribution in [3.8, 4) is 12.3 Å². The Labute approximate surface area is 113 Å². The molecule has 1 amide bonds. The zero-order valence-corrected chi connectivity index (χ0v) is 11.1. The minimum Gasteiger partial charge on any atom is -0.326 e. The average molecular weight is 259 g/mol. The Hall–Kier alpha value is -1.40. The van der Waals surface area contributed by atoms with Gasteiger partial charge in [0.05, 0.1) is 0 Å². The zero-order chi connectivity index (χ0) is 12.8. The van der Waals surface area contributed by atoms with E-state index in [0.29, 0.717) is 12.3 Å². The molecule has 1 N–H and O–H groups in total. The van der Waals surface area contributed by atoms with Gasteiger partial charge in [-0.15, -0.1) is 6.42 Å². The summed E-state index contributed by atoms with van der Waals surface area (Å²) in [5, 5.41) is 2.92. The van der Waals surface area contributed by atoms with Gasteiger partial charge in [0.2, 0.25) is 5.91 Å². The maximum absolute atomic E-state index is 11.9. The second-order valence-electron chi connectivity index (χ2n) is 4.53. The van der Waals surface area contributed by atoms with E-state index in [2.05, 4.69) is 11.2 Å². The van der Waals surface area contributed by atoms with Gasteiger partial charge in [-0.1, -0.05) is 12.0 Å². The highest BCUT2D eigenvalue weighted by Crippen LogP contribution is 2.25. The first kappa shape index (κ1) is 13.0. The summed E-state index contributed by atoms with van der Waals surface area (Å²) in [5.41, 5.74) is 1.59. The smallest absolute Gasteiger partial charge is 0.224 e. The maximum Gasteiger partial charge on any atom is 0.224 e. The van der Waals surface area contributed by atoms with Crippen molar-refractivity contribution >= 4 is 23.4 Å². The summed E-state index contributed by atoms with van der Waals surface area (Å²) < 4.78 is 0. The minimum atomic E-state index is 0.0982. The molecule has 0 aliphatic carbocycles. The fourth-order valence-electron chi connectivity index (χ4n) is 2.11. The lowest BCUT2D eigenvalue weighted by molar-refractivity contribution is -0.117. The van der Waals surface area contributed by atoms with Crippen LogP contribution in [-0.2, 0) is 4.79 Å². The molecule has 1 aliphatic heterocycles. The molecular formula is C15H17NOS. The van der Waals surface area contributed by atoms with Crippen molar-refractivity contribution < 1.29 is 4.79 Å². The molecule has 0 atom stereocenters. The van der Waals surface area contributed by atoms with E-state index in [-0.39, 0.29) is 5.91 Å². The van der Waals surface area contributed by atoms with Crippen molar-refractivity contribution in [3.05, 3.63) is 29.8 Å². The average Bonchev–Trinajstić information content (AvgIpc) is 2.40. The van der Waals surface area contributed by atoms with Crippen molar-refractivity contribution in [1.29, 1.82) is 0 Å². The van der Waals surface area contributed by atoms with E-state index >= 15 is 0 Å². The highest BCUT2D eigenvalue weighted by atomic mass is 32.2. The van der Waals surface area contributed by atoms with Crippen LogP contribution in [0.15, 0.2) is 24.3 Å². The lowest BCUT2D eigenvalue weighted by Crippen LogP contribution is -2.19. The van der Waals surface area contributed by atoms with Gasteiger partial charge in [0.25, 0.3) is 0 Å². The molecular weight excluding hydrogens is 242 g/mol. The van der Waals surface area contributed by atoms with E-state index in [1.807, 2.05) is 36.0 Å². The number of benzene rings is 1. The molecule has 1 aromatic carbocycles. The van der Waals surface area contributed by atoms with E-state index in [9.17, 15) is 4.79 Å².